The zero-order valence-corrected chi connectivity index (χ0v) is 15.4. The number of esters is 1. The van der Waals surface area contributed by atoms with Crippen molar-refractivity contribution in [1.29, 1.82) is 0 Å². The van der Waals surface area contributed by atoms with E-state index in [0.717, 1.165) is 0 Å². The molecular weight excluding hydrogens is 372 g/mol. The third kappa shape index (κ3) is 3.17. The number of nitrogens with one attached hydrogen (secondary N) is 1. The van der Waals surface area contributed by atoms with Crippen LogP contribution in [0.1, 0.15) is 26.3 Å². The highest BCUT2D eigenvalue weighted by molar-refractivity contribution is 7.90. The molecule has 0 aromatic heterocycles. The van der Waals surface area contributed by atoms with Gasteiger partial charge in [-0.25, -0.2) is 17.5 Å². The number of hydrogen-bond acceptors (Lipinski definition) is 6. The molecule has 1 N–H and O–H groups in total. The predicted octanol–water partition coefficient (Wildman–Crippen LogP) is 1.56. The Kier molecular flexibility index (Phi) is 4.71. The Morgan fingerprint density at radius 1 is 1.11 bits per heavy atom. The minimum atomic E-state index is -4.07. The normalized spacial score (nSPS) is 14.6. The van der Waals surface area contributed by atoms with Gasteiger partial charge in [0.2, 0.25) is 5.91 Å². The monoisotopic (exact) mass is 388 g/mol. The van der Waals surface area contributed by atoms with E-state index in [1.165, 1.54) is 25.3 Å². The summed E-state index contributed by atoms with van der Waals surface area (Å²) in [6, 6.07) is 10.5. The molecule has 2 aromatic rings. The Morgan fingerprint density at radius 2 is 1.81 bits per heavy atom. The molecule has 1 aliphatic rings. The summed E-state index contributed by atoms with van der Waals surface area (Å²) in [5.74, 6) is -2.01. The lowest BCUT2D eigenvalue weighted by Gasteiger charge is -2.16. The van der Waals surface area contributed by atoms with Gasteiger partial charge in [0, 0.05) is 5.69 Å². The van der Waals surface area contributed by atoms with Crippen molar-refractivity contribution in [1.82, 2.24) is 4.31 Å². The molecule has 0 aliphatic carbocycles. The fourth-order valence-corrected chi connectivity index (χ4v) is 4.33. The van der Waals surface area contributed by atoms with Crippen molar-refractivity contribution in [2.24, 2.45) is 0 Å². The Bertz CT molecular complexity index is 1060. The molecule has 140 valence electrons. The number of fused-ring (bicyclic) bond motifs is 1. The second kappa shape index (κ2) is 6.84. The van der Waals surface area contributed by atoms with E-state index in [1.807, 2.05) is 0 Å². The van der Waals surface area contributed by atoms with E-state index in [9.17, 15) is 22.8 Å². The van der Waals surface area contributed by atoms with E-state index in [1.54, 1.807) is 31.2 Å². The summed E-state index contributed by atoms with van der Waals surface area (Å²) in [5.41, 5.74) is 1.10. The number of amides is 2. The number of carbonyl (C=O) groups excluding carboxylic acids is 3. The zero-order chi connectivity index (χ0) is 19.8. The number of methoxy groups -OCH3 is 1. The number of sulfonamides is 1. The van der Waals surface area contributed by atoms with E-state index in [4.69, 9.17) is 0 Å². The van der Waals surface area contributed by atoms with Crippen LogP contribution in [0, 0.1) is 6.92 Å². The molecule has 0 bridgehead atoms. The molecule has 0 unspecified atom stereocenters. The number of benzene rings is 2. The molecule has 0 radical (unpaired) electrons. The van der Waals surface area contributed by atoms with Gasteiger partial charge < -0.3 is 10.1 Å². The van der Waals surface area contributed by atoms with Crippen molar-refractivity contribution < 1.29 is 27.5 Å². The number of nitrogens with zero attached hydrogens (tertiary/aromatic N) is 1. The Morgan fingerprint density at radius 3 is 2.48 bits per heavy atom. The third-order valence-corrected chi connectivity index (χ3v) is 6.00. The lowest BCUT2D eigenvalue weighted by Crippen LogP contribution is -2.37. The van der Waals surface area contributed by atoms with E-state index in [-0.39, 0.29) is 16.0 Å². The van der Waals surface area contributed by atoms with Gasteiger partial charge >= 0.3 is 5.97 Å². The quantitative estimate of drug-likeness (QED) is 0.796. The molecule has 0 atom stereocenters. The van der Waals surface area contributed by atoms with Crippen LogP contribution in [0.3, 0.4) is 0 Å². The number of ether oxygens (including phenoxy) is 1. The van der Waals surface area contributed by atoms with Crippen LogP contribution >= 0.6 is 0 Å². The fourth-order valence-electron chi connectivity index (χ4n) is 2.81. The van der Waals surface area contributed by atoms with Crippen molar-refractivity contribution >= 4 is 33.5 Å². The molecule has 9 heteroatoms. The SMILES string of the molecule is COC(=O)c1cccc(NC(=O)CN2C(=O)c3ccccc3S2(=O)=O)c1C. The predicted molar refractivity (Wildman–Crippen MR) is 95.8 cm³/mol. The summed E-state index contributed by atoms with van der Waals surface area (Å²) in [4.78, 5) is 36.3. The maximum absolute atomic E-state index is 12.5. The smallest absolute Gasteiger partial charge is 0.338 e. The van der Waals surface area contributed by atoms with Gasteiger partial charge in [-0.15, -0.1) is 0 Å². The first-order chi connectivity index (χ1) is 12.8. The zero-order valence-electron chi connectivity index (χ0n) is 14.6. The second-order valence-electron chi connectivity index (χ2n) is 5.83. The minimum Gasteiger partial charge on any atom is -0.465 e. The molecular formula is C18H16N2O6S. The molecule has 1 aliphatic heterocycles. The van der Waals surface area contributed by atoms with E-state index < -0.39 is 34.4 Å². The van der Waals surface area contributed by atoms with Crippen LogP contribution in [-0.4, -0.2) is 44.2 Å². The molecule has 2 aromatic carbocycles. The average molecular weight is 388 g/mol. The number of carbonyl (C=O) groups is 3. The molecule has 2 amide bonds. The maximum atomic E-state index is 12.5. The van der Waals surface area contributed by atoms with Gasteiger partial charge in [0.25, 0.3) is 15.9 Å². The maximum Gasteiger partial charge on any atom is 0.338 e. The highest BCUT2D eigenvalue weighted by Crippen LogP contribution is 2.29. The third-order valence-electron chi connectivity index (χ3n) is 4.21. The van der Waals surface area contributed by atoms with Crippen molar-refractivity contribution in [2.75, 3.05) is 19.0 Å². The van der Waals surface area contributed by atoms with Gasteiger partial charge in [0.15, 0.2) is 0 Å². The Hall–Kier alpha value is -3.20. The van der Waals surface area contributed by atoms with E-state index in [0.29, 0.717) is 15.6 Å². The molecule has 8 nitrogen and oxygen atoms in total. The summed E-state index contributed by atoms with van der Waals surface area (Å²) in [6.07, 6.45) is 0. The Labute approximate surface area is 155 Å². The number of anilines is 1. The van der Waals surface area contributed by atoms with Crippen molar-refractivity contribution in [3.8, 4) is 0 Å². The highest BCUT2D eigenvalue weighted by Gasteiger charge is 2.41. The van der Waals surface area contributed by atoms with Crippen LogP contribution in [0.25, 0.3) is 0 Å². The lowest BCUT2D eigenvalue weighted by molar-refractivity contribution is -0.116. The van der Waals surface area contributed by atoms with Crippen LogP contribution < -0.4 is 5.32 Å². The average Bonchev–Trinajstić information content (AvgIpc) is 2.84. The molecule has 27 heavy (non-hydrogen) atoms. The van der Waals surface area contributed by atoms with Crippen molar-refractivity contribution in [3.63, 3.8) is 0 Å². The summed E-state index contributed by atoms with van der Waals surface area (Å²) in [6.45, 7) is 0.952. The standard InChI is InChI=1S/C18H16N2O6S/c1-11-12(18(23)26-2)7-5-8-14(11)19-16(21)10-20-17(22)13-6-3-4-9-15(13)27(20,24)25/h3-9H,10H2,1-2H3,(H,19,21). The molecule has 0 spiro atoms. The summed E-state index contributed by atoms with van der Waals surface area (Å²) in [5, 5.41) is 2.54. The minimum absolute atomic E-state index is 0.0363. The molecule has 0 saturated carbocycles. The summed E-state index contributed by atoms with van der Waals surface area (Å²) < 4.78 is 30.2. The van der Waals surface area contributed by atoms with Gasteiger partial charge in [-0.2, -0.15) is 0 Å². The van der Waals surface area contributed by atoms with Gasteiger partial charge in [-0.05, 0) is 36.8 Å². The van der Waals surface area contributed by atoms with Crippen LogP contribution in [0.5, 0.6) is 0 Å². The van der Waals surface area contributed by atoms with Gasteiger partial charge in [0.05, 0.1) is 18.2 Å². The highest BCUT2D eigenvalue weighted by atomic mass is 32.2. The fraction of sp³-hybridized carbons (Fsp3) is 0.167. The molecule has 3 rings (SSSR count). The van der Waals surface area contributed by atoms with Gasteiger partial charge in [-0.3, -0.25) is 9.59 Å². The number of rotatable bonds is 4. The van der Waals surface area contributed by atoms with Crippen LogP contribution in [-0.2, 0) is 19.6 Å². The summed E-state index contributed by atoms with van der Waals surface area (Å²) >= 11 is 0. The lowest BCUT2D eigenvalue weighted by atomic mass is 10.1. The Balaban J connectivity index is 1.82. The van der Waals surface area contributed by atoms with Gasteiger partial charge in [0.1, 0.15) is 11.4 Å². The number of hydrogen-bond donors (Lipinski definition) is 1. The molecule has 0 saturated heterocycles. The first-order valence-corrected chi connectivity index (χ1v) is 9.35. The van der Waals surface area contributed by atoms with Crippen LogP contribution in [0.4, 0.5) is 5.69 Å². The summed E-state index contributed by atoms with van der Waals surface area (Å²) in [7, 11) is -2.83. The topological polar surface area (TPSA) is 110 Å². The molecule has 0 fully saturated rings. The van der Waals surface area contributed by atoms with Crippen LogP contribution in [0.15, 0.2) is 47.4 Å². The van der Waals surface area contributed by atoms with Crippen molar-refractivity contribution in [3.05, 3.63) is 59.2 Å². The first kappa shape index (κ1) is 18.6. The van der Waals surface area contributed by atoms with Gasteiger partial charge in [-0.1, -0.05) is 18.2 Å². The van der Waals surface area contributed by atoms with E-state index >= 15 is 0 Å². The largest absolute Gasteiger partial charge is 0.465 e. The van der Waals surface area contributed by atoms with Crippen molar-refractivity contribution in [2.45, 2.75) is 11.8 Å². The van der Waals surface area contributed by atoms with Crippen LogP contribution in [0.2, 0.25) is 0 Å². The van der Waals surface area contributed by atoms with E-state index in [2.05, 4.69) is 10.1 Å². The first-order valence-electron chi connectivity index (χ1n) is 7.91. The second-order valence-corrected chi connectivity index (χ2v) is 7.66. The molecule has 1 heterocycles.